The maximum atomic E-state index is 9.90. The van der Waals surface area contributed by atoms with Gasteiger partial charge in [0.05, 0.1) is 6.10 Å². The van der Waals surface area contributed by atoms with Gasteiger partial charge in [0.1, 0.15) is 5.75 Å². The Hall–Kier alpha value is -1.06. The molecule has 2 saturated heterocycles. The van der Waals surface area contributed by atoms with Crippen LogP contribution in [0.25, 0.3) is 0 Å². The lowest BCUT2D eigenvalue weighted by Crippen LogP contribution is -2.59. The Morgan fingerprint density at radius 1 is 1.41 bits per heavy atom. The average molecular weight is 301 g/mol. The van der Waals surface area contributed by atoms with Gasteiger partial charge in [-0.15, -0.1) is 0 Å². The Balaban J connectivity index is 1.63. The molecule has 4 atom stereocenters. The van der Waals surface area contributed by atoms with Crippen molar-refractivity contribution in [2.24, 2.45) is 5.92 Å². The lowest BCUT2D eigenvalue weighted by molar-refractivity contribution is -0.00671. The number of phenols is 1. The zero-order valence-corrected chi connectivity index (χ0v) is 13.7. The van der Waals surface area contributed by atoms with Gasteiger partial charge < -0.3 is 9.84 Å². The first kappa shape index (κ1) is 14.5. The van der Waals surface area contributed by atoms with Crippen LogP contribution in [0.2, 0.25) is 0 Å². The summed E-state index contributed by atoms with van der Waals surface area (Å²) >= 11 is 0. The standard InChI is InChI=1S/C19H27NO2/c1-13-18-10-14-5-6-15(21)11-17(14)19(13,2)7-8-20(18)12-16-4-3-9-22-16/h5-6,11,13,16,18,21H,3-4,7-10,12H2,1-2H3/t13-,16-,18?,19?/m0/s1. The average Bonchev–Trinajstić information content (AvgIpc) is 3.00. The van der Waals surface area contributed by atoms with Crippen molar-refractivity contribution in [3.63, 3.8) is 0 Å². The predicted molar refractivity (Wildman–Crippen MR) is 87.3 cm³/mol. The van der Waals surface area contributed by atoms with E-state index in [9.17, 15) is 5.11 Å². The minimum atomic E-state index is 0.198. The second-order valence-electron chi connectivity index (χ2n) is 7.70. The molecule has 2 bridgehead atoms. The molecule has 0 saturated carbocycles. The summed E-state index contributed by atoms with van der Waals surface area (Å²) in [5.74, 6) is 1.03. The van der Waals surface area contributed by atoms with Gasteiger partial charge in [-0.3, -0.25) is 4.90 Å². The smallest absolute Gasteiger partial charge is 0.115 e. The van der Waals surface area contributed by atoms with Crippen LogP contribution in [-0.4, -0.2) is 41.8 Å². The summed E-state index contributed by atoms with van der Waals surface area (Å²) in [4.78, 5) is 2.68. The molecule has 4 rings (SSSR count). The van der Waals surface area contributed by atoms with Crippen LogP contribution >= 0.6 is 0 Å². The molecule has 2 unspecified atom stereocenters. The van der Waals surface area contributed by atoms with Gasteiger partial charge in [0.25, 0.3) is 0 Å². The fourth-order valence-electron chi connectivity index (χ4n) is 4.97. The SMILES string of the molecule is C[C@H]1C2Cc3ccc(O)cc3C1(C)CCN2C[C@@H]1CCCO1. The highest BCUT2D eigenvalue weighted by Crippen LogP contribution is 2.49. The first-order chi connectivity index (χ1) is 10.6. The number of rotatable bonds is 2. The molecule has 120 valence electrons. The van der Waals surface area contributed by atoms with Gasteiger partial charge in [-0.2, -0.15) is 0 Å². The molecule has 0 spiro atoms. The Morgan fingerprint density at radius 3 is 3.05 bits per heavy atom. The van der Waals surface area contributed by atoms with E-state index in [1.54, 1.807) is 0 Å². The van der Waals surface area contributed by atoms with Crippen molar-refractivity contribution in [3.05, 3.63) is 29.3 Å². The largest absolute Gasteiger partial charge is 0.508 e. The van der Waals surface area contributed by atoms with Crippen molar-refractivity contribution in [3.8, 4) is 5.75 Å². The quantitative estimate of drug-likeness (QED) is 0.911. The maximum Gasteiger partial charge on any atom is 0.115 e. The zero-order valence-electron chi connectivity index (χ0n) is 13.7. The third-order valence-electron chi connectivity index (χ3n) is 6.57. The molecular formula is C19H27NO2. The number of benzene rings is 1. The number of aromatic hydroxyl groups is 1. The Bertz CT molecular complexity index is 567. The molecule has 0 aromatic heterocycles. The topological polar surface area (TPSA) is 32.7 Å². The van der Waals surface area contributed by atoms with Gasteiger partial charge >= 0.3 is 0 Å². The maximum absolute atomic E-state index is 9.90. The second-order valence-corrected chi connectivity index (χ2v) is 7.70. The van der Waals surface area contributed by atoms with Crippen molar-refractivity contribution in [1.29, 1.82) is 0 Å². The molecule has 3 heteroatoms. The van der Waals surface area contributed by atoms with Gasteiger partial charge in [0.2, 0.25) is 0 Å². The molecule has 2 aliphatic heterocycles. The van der Waals surface area contributed by atoms with Crippen molar-refractivity contribution in [2.45, 2.75) is 57.1 Å². The molecule has 0 radical (unpaired) electrons. The Kier molecular flexibility index (Phi) is 3.46. The molecule has 3 nitrogen and oxygen atoms in total. The summed E-state index contributed by atoms with van der Waals surface area (Å²) in [6, 6.07) is 6.60. The highest BCUT2D eigenvalue weighted by atomic mass is 16.5. The van der Waals surface area contributed by atoms with E-state index in [2.05, 4.69) is 24.8 Å². The van der Waals surface area contributed by atoms with Crippen LogP contribution in [0, 0.1) is 5.92 Å². The van der Waals surface area contributed by atoms with Gasteiger partial charge in [-0.05, 0) is 66.8 Å². The lowest BCUT2D eigenvalue weighted by atomic mass is 9.59. The fraction of sp³-hybridized carbons (Fsp3) is 0.684. The summed E-state index contributed by atoms with van der Waals surface area (Å²) in [6.45, 7) is 7.99. The molecular weight excluding hydrogens is 274 g/mol. The van der Waals surface area contributed by atoms with E-state index in [0.29, 0.717) is 23.8 Å². The van der Waals surface area contributed by atoms with Crippen LogP contribution in [0.3, 0.4) is 0 Å². The highest BCUT2D eigenvalue weighted by molar-refractivity contribution is 5.44. The number of piperidine rings is 1. The van der Waals surface area contributed by atoms with Crippen LogP contribution < -0.4 is 0 Å². The summed E-state index contributed by atoms with van der Waals surface area (Å²) in [7, 11) is 0. The predicted octanol–water partition coefficient (Wildman–Crippen LogP) is 3.10. The fourth-order valence-corrected chi connectivity index (χ4v) is 4.97. The summed E-state index contributed by atoms with van der Waals surface area (Å²) in [6.07, 6.45) is 5.17. The minimum Gasteiger partial charge on any atom is -0.508 e. The normalized spacial score (nSPS) is 38.0. The van der Waals surface area contributed by atoms with Crippen LogP contribution in [0.5, 0.6) is 5.75 Å². The van der Waals surface area contributed by atoms with E-state index in [-0.39, 0.29) is 5.41 Å². The number of hydrogen-bond acceptors (Lipinski definition) is 3. The third-order valence-corrected chi connectivity index (χ3v) is 6.57. The van der Waals surface area contributed by atoms with Crippen molar-refractivity contribution in [2.75, 3.05) is 19.7 Å². The molecule has 2 heterocycles. The number of nitrogens with zero attached hydrogens (tertiary/aromatic N) is 1. The highest BCUT2D eigenvalue weighted by Gasteiger charge is 2.48. The molecule has 3 aliphatic rings. The number of likely N-dealkylation sites (tertiary alicyclic amines) is 1. The van der Waals surface area contributed by atoms with Gasteiger partial charge in [-0.25, -0.2) is 0 Å². The summed E-state index contributed by atoms with van der Waals surface area (Å²) in [5, 5.41) is 9.90. The zero-order chi connectivity index (χ0) is 15.3. The van der Waals surface area contributed by atoms with Gasteiger partial charge in [0.15, 0.2) is 0 Å². The number of hydrogen-bond donors (Lipinski definition) is 1. The van der Waals surface area contributed by atoms with E-state index in [4.69, 9.17) is 4.74 Å². The van der Waals surface area contributed by atoms with Crippen molar-refractivity contribution in [1.82, 2.24) is 4.90 Å². The van der Waals surface area contributed by atoms with E-state index in [1.807, 2.05) is 12.1 Å². The monoisotopic (exact) mass is 301 g/mol. The number of phenolic OH excluding ortho intramolecular Hbond substituents is 1. The van der Waals surface area contributed by atoms with E-state index in [0.717, 1.165) is 26.1 Å². The van der Waals surface area contributed by atoms with Crippen LogP contribution in [-0.2, 0) is 16.6 Å². The Labute approximate surface area is 133 Å². The molecule has 1 aromatic rings. The molecule has 1 aromatic carbocycles. The molecule has 1 N–H and O–H groups in total. The van der Waals surface area contributed by atoms with Gasteiger partial charge in [0, 0.05) is 19.2 Å². The van der Waals surface area contributed by atoms with Crippen LogP contribution in [0.4, 0.5) is 0 Å². The van der Waals surface area contributed by atoms with E-state index < -0.39 is 0 Å². The third kappa shape index (κ3) is 2.17. The molecule has 1 aliphatic carbocycles. The lowest BCUT2D eigenvalue weighted by Gasteiger charge is -2.55. The molecule has 22 heavy (non-hydrogen) atoms. The first-order valence-corrected chi connectivity index (χ1v) is 8.76. The second kappa shape index (κ2) is 5.24. The molecule has 0 amide bonds. The van der Waals surface area contributed by atoms with Crippen LogP contribution in [0.15, 0.2) is 18.2 Å². The van der Waals surface area contributed by atoms with E-state index in [1.165, 1.54) is 30.4 Å². The number of ether oxygens (including phenoxy) is 1. The van der Waals surface area contributed by atoms with Crippen LogP contribution in [0.1, 0.15) is 44.2 Å². The Morgan fingerprint density at radius 2 is 2.27 bits per heavy atom. The number of fused-ring (bicyclic) bond motifs is 4. The minimum absolute atomic E-state index is 0.198. The summed E-state index contributed by atoms with van der Waals surface area (Å²) < 4.78 is 5.86. The van der Waals surface area contributed by atoms with Crippen molar-refractivity contribution < 1.29 is 9.84 Å². The first-order valence-electron chi connectivity index (χ1n) is 8.76. The molecule has 2 fully saturated rings. The van der Waals surface area contributed by atoms with Crippen molar-refractivity contribution >= 4 is 0 Å². The summed E-state index contributed by atoms with van der Waals surface area (Å²) in [5.41, 5.74) is 3.01. The van der Waals surface area contributed by atoms with Gasteiger partial charge in [-0.1, -0.05) is 19.9 Å². The van der Waals surface area contributed by atoms with E-state index >= 15 is 0 Å².